The summed E-state index contributed by atoms with van der Waals surface area (Å²) in [5.74, 6) is 0.311. The summed E-state index contributed by atoms with van der Waals surface area (Å²) in [4.78, 5) is 25.4. The number of imide groups is 1. The number of hydrogen-bond donors (Lipinski definition) is 1. The molecule has 0 bridgehead atoms. The Hall–Kier alpha value is -2.92. The van der Waals surface area contributed by atoms with Crippen LogP contribution in [0.15, 0.2) is 36.9 Å². The molecule has 2 aliphatic heterocycles. The van der Waals surface area contributed by atoms with E-state index in [0.29, 0.717) is 17.7 Å². The van der Waals surface area contributed by atoms with Crippen molar-refractivity contribution in [2.45, 2.75) is 12.5 Å². The number of amides is 2. The van der Waals surface area contributed by atoms with Gasteiger partial charge in [0.25, 0.3) is 11.8 Å². The lowest BCUT2D eigenvalue weighted by Crippen LogP contribution is -2.24. The van der Waals surface area contributed by atoms with E-state index in [0.717, 1.165) is 39.3 Å². The van der Waals surface area contributed by atoms with Crippen molar-refractivity contribution >= 4 is 17.9 Å². The highest BCUT2D eigenvalue weighted by molar-refractivity contribution is 6.21. The number of ether oxygens (including phenoxy) is 1. The van der Waals surface area contributed by atoms with Gasteiger partial charge in [-0.05, 0) is 41.0 Å². The minimum atomic E-state index is -0.265. The fraction of sp³-hybridized carbons (Fsp3) is 0.200. The molecule has 0 aromatic heterocycles. The Balaban J connectivity index is 1.81. The topological polar surface area (TPSA) is 72.6 Å². The lowest BCUT2D eigenvalue weighted by molar-refractivity contribution is 0.0693. The number of nitrogens with zero attached hydrogens (tertiary/aromatic N) is 1. The van der Waals surface area contributed by atoms with Crippen LogP contribution in [0.3, 0.4) is 0 Å². The average molecular weight is 334 g/mol. The molecular weight excluding hydrogens is 316 g/mol. The number of fused-ring (bicyclic) bond motifs is 2. The van der Waals surface area contributed by atoms with E-state index in [9.17, 15) is 9.59 Å². The summed E-state index contributed by atoms with van der Waals surface area (Å²) in [6, 6.07) is 9.41. The Morgan fingerprint density at radius 1 is 1.20 bits per heavy atom. The second-order valence-electron chi connectivity index (χ2n) is 6.37. The fourth-order valence-corrected chi connectivity index (χ4v) is 3.45. The van der Waals surface area contributed by atoms with E-state index in [1.165, 1.54) is 7.05 Å². The second kappa shape index (κ2) is 5.57. The minimum Gasteiger partial charge on any atom is -0.488 e. The van der Waals surface area contributed by atoms with Gasteiger partial charge >= 0.3 is 0 Å². The van der Waals surface area contributed by atoms with E-state index >= 15 is 0 Å². The lowest BCUT2D eigenvalue weighted by Gasteiger charge is -2.10. The first-order valence-corrected chi connectivity index (χ1v) is 8.16. The van der Waals surface area contributed by atoms with Gasteiger partial charge in [-0.1, -0.05) is 18.7 Å². The van der Waals surface area contributed by atoms with Crippen LogP contribution >= 0.6 is 0 Å². The third-order valence-corrected chi connectivity index (χ3v) is 4.83. The first-order chi connectivity index (χ1) is 12.0. The lowest BCUT2D eigenvalue weighted by atomic mass is 9.95. The number of carbonyl (C=O) groups is 2. The molecule has 5 nitrogen and oxygen atoms in total. The largest absolute Gasteiger partial charge is 0.488 e. The van der Waals surface area contributed by atoms with Crippen molar-refractivity contribution < 1.29 is 14.3 Å². The molecule has 5 heteroatoms. The van der Waals surface area contributed by atoms with Crippen LogP contribution in [0.4, 0.5) is 0 Å². The Kier molecular flexibility index (Phi) is 3.47. The van der Waals surface area contributed by atoms with Gasteiger partial charge in [0.05, 0.1) is 11.1 Å². The van der Waals surface area contributed by atoms with Gasteiger partial charge < -0.3 is 10.5 Å². The zero-order valence-corrected chi connectivity index (χ0v) is 13.9. The summed E-state index contributed by atoms with van der Waals surface area (Å²) in [7, 11) is 1.50. The summed E-state index contributed by atoms with van der Waals surface area (Å²) in [6.45, 7) is 4.33. The van der Waals surface area contributed by atoms with Crippen molar-refractivity contribution in [3.63, 3.8) is 0 Å². The molecule has 2 amide bonds. The van der Waals surface area contributed by atoms with Crippen LogP contribution in [0.1, 0.15) is 31.8 Å². The van der Waals surface area contributed by atoms with Gasteiger partial charge in [0.1, 0.15) is 11.9 Å². The first kappa shape index (κ1) is 15.6. The van der Waals surface area contributed by atoms with Crippen LogP contribution in [0, 0.1) is 0 Å². The van der Waals surface area contributed by atoms with Gasteiger partial charge in [0, 0.05) is 25.6 Å². The van der Waals surface area contributed by atoms with Crippen molar-refractivity contribution in [2.24, 2.45) is 5.73 Å². The number of rotatable bonds is 3. The number of hydrogen-bond acceptors (Lipinski definition) is 4. The van der Waals surface area contributed by atoms with Gasteiger partial charge in [-0.25, -0.2) is 0 Å². The fourth-order valence-electron chi connectivity index (χ4n) is 3.45. The molecule has 0 saturated heterocycles. The first-order valence-electron chi connectivity index (χ1n) is 8.16. The van der Waals surface area contributed by atoms with Crippen LogP contribution in [0.5, 0.6) is 5.75 Å². The quantitative estimate of drug-likeness (QED) is 0.875. The molecule has 0 radical (unpaired) electrons. The third-order valence-electron chi connectivity index (χ3n) is 4.83. The molecule has 0 fully saturated rings. The maximum absolute atomic E-state index is 12.2. The van der Waals surface area contributed by atoms with Crippen LogP contribution in [0.2, 0.25) is 0 Å². The Labute approximate surface area is 145 Å². The highest BCUT2D eigenvalue weighted by atomic mass is 16.5. The molecule has 2 aromatic carbocycles. The Bertz CT molecular complexity index is 933. The number of nitrogens with two attached hydrogens (primary N) is 1. The molecule has 4 rings (SSSR count). The molecule has 2 heterocycles. The maximum Gasteiger partial charge on any atom is 0.261 e. The summed E-state index contributed by atoms with van der Waals surface area (Å²) >= 11 is 0. The van der Waals surface area contributed by atoms with Gasteiger partial charge in [0.2, 0.25) is 0 Å². The molecular formula is C20H18N2O3. The monoisotopic (exact) mass is 334 g/mol. The standard InChI is InChI=1S/C20H18N2O3/c1-3-11-6-13(7-14-8-15(10-21)25-18(11)14)12-4-5-16-17(9-12)20(24)22(2)19(16)23/h3-7,9,15H,1,8,10,21H2,2H3. The number of benzene rings is 2. The molecule has 0 aliphatic carbocycles. The third kappa shape index (κ3) is 2.27. The second-order valence-corrected chi connectivity index (χ2v) is 6.37. The summed E-state index contributed by atoms with van der Waals surface area (Å²) < 4.78 is 5.89. The normalized spacial score (nSPS) is 18.2. The van der Waals surface area contributed by atoms with Crippen LogP contribution in [-0.4, -0.2) is 36.4 Å². The van der Waals surface area contributed by atoms with E-state index < -0.39 is 0 Å². The molecule has 1 unspecified atom stereocenters. The van der Waals surface area contributed by atoms with Crippen LogP contribution in [0.25, 0.3) is 17.2 Å². The van der Waals surface area contributed by atoms with E-state index in [1.54, 1.807) is 18.2 Å². The molecule has 0 saturated carbocycles. The van der Waals surface area contributed by atoms with Crippen molar-refractivity contribution in [3.05, 3.63) is 59.2 Å². The van der Waals surface area contributed by atoms with Gasteiger partial charge in [0.15, 0.2) is 0 Å². The number of carbonyl (C=O) groups excluding carboxylic acids is 2. The predicted octanol–water partition coefficient (Wildman–Crippen LogP) is 2.48. The van der Waals surface area contributed by atoms with Crippen molar-refractivity contribution in [2.75, 3.05) is 13.6 Å². The van der Waals surface area contributed by atoms with E-state index in [4.69, 9.17) is 10.5 Å². The molecule has 2 aromatic rings. The molecule has 0 spiro atoms. The highest BCUT2D eigenvalue weighted by Crippen LogP contribution is 2.38. The highest BCUT2D eigenvalue weighted by Gasteiger charge is 2.33. The Morgan fingerprint density at radius 2 is 1.96 bits per heavy atom. The minimum absolute atomic E-state index is 0.0168. The van der Waals surface area contributed by atoms with Crippen LogP contribution in [-0.2, 0) is 6.42 Å². The summed E-state index contributed by atoms with van der Waals surface area (Å²) in [5, 5.41) is 0. The summed E-state index contributed by atoms with van der Waals surface area (Å²) in [6.07, 6.45) is 2.50. The molecule has 2 aliphatic rings. The smallest absolute Gasteiger partial charge is 0.261 e. The van der Waals surface area contributed by atoms with Crippen molar-refractivity contribution in [3.8, 4) is 16.9 Å². The van der Waals surface area contributed by atoms with Crippen molar-refractivity contribution in [1.82, 2.24) is 4.90 Å². The van der Waals surface area contributed by atoms with Crippen LogP contribution < -0.4 is 10.5 Å². The molecule has 126 valence electrons. The SMILES string of the molecule is C=Cc1cc(-c2ccc3c(c2)C(=O)N(C)C3=O)cc2c1OC(CN)C2. The molecule has 1 atom stereocenters. The van der Waals surface area contributed by atoms with E-state index in [-0.39, 0.29) is 17.9 Å². The molecule has 25 heavy (non-hydrogen) atoms. The van der Waals surface area contributed by atoms with Gasteiger partial charge in [-0.2, -0.15) is 0 Å². The molecule has 2 N–H and O–H groups in total. The zero-order chi connectivity index (χ0) is 17.7. The van der Waals surface area contributed by atoms with E-state index in [1.807, 2.05) is 12.1 Å². The predicted molar refractivity (Wildman–Crippen MR) is 95.6 cm³/mol. The summed E-state index contributed by atoms with van der Waals surface area (Å²) in [5.41, 5.74) is 10.5. The Morgan fingerprint density at radius 3 is 2.68 bits per heavy atom. The van der Waals surface area contributed by atoms with E-state index in [2.05, 4.69) is 12.6 Å². The maximum atomic E-state index is 12.2. The van der Waals surface area contributed by atoms with Crippen molar-refractivity contribution in [1.29, 1.82) is 0 Å². The van der Waals surface area contributed by atoms with Gasteiger partial charge in [-0.15, -0.1) is 0 Å². The average Bonchev–Trinajstić information content (AvgIpc) is 3.16. The van der Waals surface area contributed by atoms with Gasteiger partial charge in [-0.3, -0.25) is 14.5 Å². The zero-order valence-electron chi connectivity index (χ0n) is 13.9.